The van der Waals surface area contributed by atoms with Crippen LogP contribution in [-0.2, 0) is 5.41 Å². The first-order valence-electron chi connectivity index (χ1n) is 19.5. The van der Waals surface area contributed by atoms with E-state index in [0.717, 1.165) is 17.1 Å². The van der Waals surface area contributed by atoms with Crippen molar-refractivity contribution in [2.24, 2.45) is 0 Å². The highest BCUT2D eigenvalue weighted by atomic mass is 15.1. The zero-order valence-electron chi connectivity index (χ0n) is 31.7. The van der Waals surface area contributed by atoms with Crippen LogP contribution in [0, 0.1) is 0 Å². The fourth-order valence-corrected chi connectivity index (χ4v) is 8.95. The highest BCUT2D eigenvalue weighted by molar-refractivity contribution is 6.03. The SMILES string of the molecule is CC1(C)c2cc(N(c3ccccc3-c3ccccc3)c3ccccc3-c3cc(-c4ccccc4)c4ccccc4c3)ccc2-c2c(-c3ccccc3)cccc21. The Hall–Kier alpha value is -6.96. The molecule has 0 unspecified atom stereocenters. The summed E-state index contributed by atoms with van der Waals surface area (Å²) in [6, 6.07) is 77.6. The number of hydrogen-bond donors (Lipinski definition) is 0. The molecule has 1 heteroatoms. The molecule has 0 atom stereocenters. The molecule has 0 saturated heterocycles. The van der Waals surface area contributed by atoms with E-state index in [1.165, 1.54) is 77.5 Å². The van der Waals surface area contributed by atoms with E-state index in [9.17, 15) is 0 Å². The maximum atomic E-state index is 2.49. The summed E-state index contributed by atoms with van der Waals surface area (Å²) in [7, 11) is 0. The monoisotopic (exact) mass is 715 g/mol. The van der Waals surface area contributed by atoms with Crippen LogP contribution in [0.5, 0.6) is 0 Å². The van der Waals surface area contributed by atoms with Crippen molar-refractivity contribution in [3.8, 4) is 55.6 Å². The maximum absolute atomic E-state index is 2.49. The standard InChI is InChI=1S/C55H41N/c1-55(2)50-30-18-29-47(39-21-8-4-9-22-39)54(50)48-34-33-43(37-51(48)55)56(52-31-16-14-27-45(52)38-19-6-3-7-20-38)53-32-17-15-28-46(53)42-35-41-25-12-13-26-44(41)49(36-42)40-23-10-5-11-24-40/h3-37H,1-2H3. The Morgan fingerprint density at radius 2 is 0.857 bits per heavy atom. The number of fused-ring (bicyclic) bond motifs is 4. The molecule has 9 aromatic carbocycles. The number of rotatable bonds is 7. The Labute approximate surface area is 329 Å². The largest absolute Gasteiger partial charge is 0.309 e. The summed E-state index contributed by atoms with van der Waals surface area (Å²) in [6.07, 6.45) is 0. The molecule has 0 radical (unpaired) electrons. The van der Waals surface area contributed by atoms with Crippen molar-refractivity contribution < 1.29 is 0 Å². The van der Waals surface area contributed by atoms with Crippen LogP contribution in [0.4, 0.5) is 17.1 Å². The van der Waals surface area contributed by atoms with Gasteiger partial charge in [0.05, 0.1) is 11.4 Å². The van der Waals surface area contributed by atoms with Crippen LogP contribution in [0.25, 0.3) is 66.4 Å². The second kappa shape index (κ2) is 13.7. The van der Waals surface area contributed by atoms with Crippen LogP contribution in [0.3, 0.4) is 0 Å². The van der Waals surface area contributed by atoms with Gasteiger partial charge in [0, 0.05) is 22.2 Å². The van der Waals surface area contributed by atoms with E-state index in [1.54, 1.807) is 0 Å². The number of para-hydroxylation sites is 2. The maximum Gasteiger partial charge on any atom is 0.0540 e. The minimum atomic E-state index is -0.196. The molecule has 0 aromatic heterocycles. The quantitative estimate of drug-likeness (QED) is 0.159. The molecule has 10 rings (SSSR count). The van der Waals surface area contributed by atoms with Gasteiger partial charge in [0.2, 0.25) is 0 Å². The lowest BCUT2D eigenvalue weighted by atomic mass is 9.81. The lowest BCUT2D eigenvalue weighted by Crippen LogP contribution is -2.17. The second-order valence-electron chi connectivity index (χ2n) is 15.3. The summed E-state index contributed by atoms with van der Waals surface area (Å²) in [4.78, 5) is 2.49. The number of nitrogens with zero attached hydrogens (tertiary/aromatic N) is 1. The first-order valence-corrected chi connectivity index (χ1v) is 19.5. The summed E-state index contributed by atoms with van der Waals surface area (Å²) in [5.74, 6) is 0. The summed E-state index contributed by atoms with van der Waals surface area (Å²) >= 11 is 0. The van der Waals surface area contributed by atoms with Gasteiger partial charge in [-0.3, -0.25) is 0 Å². The zero-order chi connectivity index (χ0) is 37.6. The van der Waals surface area contributed by atoms with Crippen LogP contribution < -0.4 is 4.90 Å². The molecule has 0 heterocycles. The minimum Gasteiger partial charge on any atom is -0.309 e. The topological polar surface area (TPSA) is 3.24 Å². The van der Waals surface area contributed by atoms with Crippen LogP contribution >= 0.6 is 0 Å². The Balaban J connectivity index is 1.22. The van der Waals surface area contributed by atoms with Crippen molar-refractivity contribution >= 4 is 27.8 Å². The van der Waals surface area contributed by atoms with Crippen molar-refractivity contribution in [2.45, 2.75) is 19.3 Å². The third-order valence-corrected chi connectivity index (χ3v) is 11.7. The molecule has 56 heavy (non-hydrogen) atoms. The molecule has 0 amide bonds. The van der Waals surface area contributed by atoms with Crippen LogP contribution in [0.1, 0.15) is 25.0 Å². The highest BCUT2D eigenvalue weighted by Crippen LogP contribution is 2.54. The lowest BCUT2D eigenvalue weighted by molar-refractivity contribution is 0.660. The molecule has 0 saturated carbocycles. The minimum absolute atomic E-state index is 0.196. The highest BCUT2D eigenvalue weighted by Gasteiger charge is 2.37. The first kappa shape index (κ1) is 33.6. The zero-order valence-corrected chi connectivity index (χ0v) is 31.7. The average Bonchev–Trinajstić information content (AvgIpc) is 3.50. The van der Waals surface area contributed by atoms with Crippen molar-refractivity contribution in [3.63, 3.8) is 0 Å². The number of anilines is 3. The van der Waals surface area contributed by atoms with Crippen LogP contribution in [0.2, 0.25) is 0 Å². The van der Waals surface area contributed by atoms with Gasteiger partial charge in [-0.1, -0.05) is 190 Å². The van der Waals surface area contributed by atoms with E-state index in [0.29, 0.717) is 0 Å². The van der Waals surface area contributed by atoms with Gasteiger partial charge in [-0.25, -0.2) is 0 Å². The van der Waals surface area contributed by atoms with Gasteiger partial charge in [0.25, 0.3) is 0 Å². The van der Waals surface area contributed by atoms with Crippen molar-refractivity contribution in [1.29, 1.82) is 0 Å². The molecular weight excluding hydrogens is 675 g/mol. The third kappa shape index (κ3) is 5.63. The summed E-state index contributed by atoms with van der Waals surface area (Å²) in [6.45, 7) is 4.76. The predicted molar refractivity (Wildman–Crippen MR) is 238 cm³/mol. The number of hydrogen-bond acceptors (Lipinski definition) is 1. The second-order valence-corrected chi connectivity index (χ2v) is 15.3. The fourth-order valence-electron chi connectivity index (χ4n) is 8.95. The van der Waals surface area contributed by atoms with Crippen LogP contribution in [-0.4, -0.2) is 0 Å². The van der Waals surface area contributed by atoms with E-state index < -0.39 is 0 Å². The van der Waals surface area contributed by atoms with Gasteiger partial charge in [0.1, 0.15) is 0 Å². The van der Waals surface area contributed by atoms with Gasteiger partial charge in [-0.15, -0.1) is 0 Å². The van der Waals surface area contributed by atoms with Gasteiger partial charge in [0.15, 0.2) is 0 Å². The van der Waals surface area contributed by atoms with E-state index in [1.807, 2.05) is 0 Å². The Bertz CT molecular complexity index is 2870. The third-order valence-electron chi connectivity index (χ3n) is 11.7. The van der Waals surface area contributed by atoms with Gasteiger partial charge in [-0.05, 0) is 103 Å². The molecule has 0 spiro atoms. The van der Waals surface area contributed by atoms with E-state index >= 15 is 0 Å². The first-order chi connectivity index (χ1) is 27.6. The molecule has 1 aliphatic carbocycles. The molecular formula is C55H41N. The summed E-state index contributed by atoms with van der Waals surface area (Å²) in [5, 5.41) is 2.47. The van der Waals surface area contributed by atoms with Gasteiger partial charge >= 0.3 is 0 Å². The molecule has 0 fully saturated rings. The summed E-state index contributed by atoms with van der Waals surface area (Å²) in [5.41, 5.74) is 18.2. The molecule has 0 N–H and O–H groups in total. The van der Waals surface area contributed by atoms with Gasteiger partial charge < -0.3 is 4.90 Å². The Morgan fingerprint density at radius 3 is 1.52 bits per heavy atom. The molecule has 9 aromatic rings. The Kier molecular flexibility index (Phi) is 8.23. The van der Waals surface area contributed by atoms with Crippen molar-refractivity contribution in [2.75, 3.05) is 4.90 Å². The molecule has 1 aliphatic rings. The van der Waals surface area contributed by atoms with E-state index in [4.69, 9.17) is 0 Å². The average molecular weight is 716 g/mol. The normalized spacial score (nSPS) is 12.6. The predicted octanol–water partition coefficient (Wildman–Crippen LogP) is 15.3. The van der Waals surface area contributed by atoms with Crippen molar-refractivity contribution in [1.82, 2.24) is 0 Å². The molecule has 1 nitrogen and oxygen atoms in total. The Morgan fingerprint density at radius 1 is 0.339 bits per heavy atom. The number of benzene rings is 9. The van der Waals surface area contributed by atoms with E-state index in [-0.39, 0.29) is 5.41 Å². The van der Waals surface area contributed by atoms with Crippen LogP contribution in [0.15, 0.2) is 212 Å². The summed E-state index contributed by atoms with van der Waals surface area (Å²) < 4.78 is 0. The van der Waals surface area contributed by atoms with Crippen molar-refractivity contribution in [3.05, 3.63) is 223 Å². The smallest absolute Gasteiger partial charge is 0.0540 e. The lowest BCUT2D eigenvalue weighted by Gasteiger charge is -2.31. The van der Waals surface area contributed by atoms with Gasteiger partial charge in [-0.2, -0.15) is 0 Å². The van der Waals surface area contributed by atoms with E-state index in [2.05, 4.69) is 231 Å². The molecule has 0 bridgehead atoms. The molecule has 0 aliphatic heterocycles. The molecule has 266 valence electrons. The fraction of sp³-hybridized carbons (Fsp3) is 0.0545.